The molecule has 1 aromatic carbocycles. The number of piperidine rings is 2. The maximum atomic E-state index is 12.9. The van der Waals surface area contributed by atoms with E-state index in [1.807, 2.05) is 31.2 Å². The molecule has 0 unspecified atom stereocenters. The zero-order chi connectivity index (χ0) is 17.9. The minimum atomic E-state index is -0.0524. The monoisotopic (exact) mass is 354 g/mol. The lowest BCUT2D eigenvalue weighted by atomic mass is 9.83. The van der Waals surface area contributed by atoms with Gasteiger partial charge in [0.2, 0.25) is 0 Å². The van der Waals surface area contributed by atoms with Gasteiger partial charge in [-0.1, -0.05) is 18.6 Å². The van der Waals surface area contributed by atoms with Crippen molar-refractivity contribution in [1.82, 2.24) is 30.4 Å². The van der Waals surface area contributed by atoms with Crippen LogP contribution in [-0.4, -0.2) is 56.7 Å². The van der Waals surface area contributed by atoms with E-state index < -0.39 is 0 Å². The lowest BCUT2D eigenvalue weighted by molar-refractivity contribution is 0.0575. The number of tetrazole rings is 1. The van der Waals surface area contributed by atoms with E-state index in [1.165, 1.54) is 45.2 Å². The second kappa shape index (κ2) is 7.53. The van der Waals surface area contributed by atoms with Crippen LogP contribution < -0.4 is 5.32 Å². The smallest absolute Gasteiger partial charge is 0.253 e. The standard InChI is InChI=1S/C19H26N6O/c1-14-21-22-23-25(14)18-10-3-2-8-16(18)19(26)20-13-15-7-6-12-24-11-5-4-9-17(15)24/h2-3,8,10,15,17H,4-7,9,11-13H2,1H3,(H,20,26)/t15-,17-/m1/s1. The Bertz CT molecular complexity index is 771. The van der Waals surface area contributed by atoms with Crippen LogP contribution in [0.3, 0.4) is 0 Å². The molecule has 0 bridgehead atoms. The van der Waals surface area contributed by atoms with Crippen LogP contribution in [-0.2, 0) is 0 Å². The summed E-state index contributed by atoms with van der Waals surface area (Å²) in [6.07, 6.45) is 6.33. The molecule has 0 radical (unpaired) electrons. The molecule has 2 aliphatic heterocycles. The summed E-state index contributed by atoms with van der Waals surface area (Å²) in [5, 5.41) is 14.8. The lowest BCUT2D eigenvalue weighted by Gasteiger charge is -2.44. The average Bonchev–Trinajstić information content (AvgIpc) is 3.12. The molecular formula is C19H26N6O. The average molecular weight is 354 g/mol. The summed E-state index contributed by atoms with van der Waals surface area (Å²) in [5.74, 6) is 1.16. The first-order chi connectivity index (χ1) is 12.7. The summed E-state index contributed by atoms with van der Waals surface area (Å²) in [5.41, 5.74) is 1.33. The number of carbonyl (C=O) groups is 1. The van der Waals surface area contributed by atoms with Gasteiger partial charge in [-0.05, 0) is 74.2 Å². The molecule has 0 saturated carbocycles. The van der Waals surface area contributed by atoms with Crippen LogP contribution in [0.15, 0.2) is 24.3 Å². The molecule has 2 atom stereocenters. The maximum absolute atomic E-state index is 12.9. The lowest BCUT2D eigenvalue weighted by Crippen LogP contribution is -2.51. The van der Waals surface area contributed by atoms with Gasteiger partial charge in [-0.2, -0.15) is 4.68 Å². The largest absolute Gasteiger partial charge is 0.352 e. The van der Waals surface area contributed by atoms with Crippen molar-refractivity contribution in [1.29, 1.82) is 0 Å². The summed E-state index contributed by atoms with van der Waals surface area (Å²) < 4.78 is 1.61. The van der Waals surface area contributed by atoms with Crippen molar-refractivity contribution in [3.05, 3.63) is 35.7 Å². The summed E-state index contributed by atoms with van der Waals surface area (Å²) in [6.45, 7) is 5.00. The quantitative estimate of drug-likeness (QED) is 0.908. The SMILES string of the molecule is Cc1nnnn1-c1ccccc1C(=O)NC[C@H]1CCCN2CCCC[C@H]12. The molecule has 1 amide bonds. The van der Waals surface area contributed by atoms with E-state index in [-0.39, 0.29) is 5.91 Å². The minimum Gasteiger partial charge on any atom is -0.352 e. The fourth-order valence-corrected chi connectivity index (χ4v) is 4.44. The van der Waals surface area contributed by atoms with Gasteiger partial charge in [0.1, 0.15) is 0 Å². The zero-order valence-corrected chi connectivity index (χ0v) is 15.3. The van der Waals surface area contributed by atoms with Crippen molar-refractivity contribution in [2.75, 3.05) is 19.6 Å². The molecule has 0 spiro atoms. The number of nitrogens with one attached hydrogen (secondary N) is 1. The molecule has 2 aromatic rings. The van der Waals surface area contributed by atoms with Crippen molar-refractivity contribution in [3.63, 3.8) is 0 Å². The molecule has 0 aliphatic carbocycles. The highest BCUT2D eigenvalue weighted by Crippen LogP contribution is 2.30. The Balaban J connectivity index is 1.47. The molecule has 7 heteroatoms. The predicted octanol–water partition coefficient (Wildman–Crippen LogP) is 1.97. The molecule has 4 rings (SSSR count). The minimum absolute atomic E-state index is 0.0524. The van der Waals surface area contributed by atoms with Crippen molar-refractivity contribution in [2.45, 2.75) is 45.1 Å². The van der Waals surface area contributed by atoms with E-state index in [0.29, 0.717) is 23.3 Å². The van der Waals surface area contributed by atoms with Crippen LogP contribution in [0.4, 0.5) is 0 Å². The van der Waals surface area contributed by atoms with Gasteiger partial charge in [-0.15, -0.1) is 5.10 Å². The van der Waals surface area contributed by atoms with Crippen LogP contribution in [0, 0.1) is 12.8 Å². The normalized spacial score (nSPS) is 23.4. The number of hydrogen-bond donors (Lipinski definition) is 1. The fraction of sp³-hybridized carbons (Fsp3) is 0.579. The molecule has 138 valence electrons. The Hall–Kier alpha value is -2.28. The predicted molar refractivity (Wildman–Crippen MR) is 98.2 cm³/mol. The molecule has 2 saturated heterocycles. The summed E-state index contributed by atoms with van der Waals surface area (Å²) in [6, 6.07) is 8.12. The maximum Gasteiger partial charge on any atom is 0.253 e. The third-order valence-electron chi connectivity index (χ3n) is 5.76. The Kier molecular flexibility index (Phi) is 4.97. The first-order valence-electron chi connectivity index (χ1n) is 9.60. The van der Waals surface area contributed by atoms with Gasteiger partial charge < -0.3 is 10.2 Å². The Morgan fingerprint density at radius 3 is 2.88 bits per heavy atom. The number of nitrogens with zero attached hydrogens (tertiary/aromatic N) is 5. The van der Waals surface area contributed by atoms with Gasteiger partial charge in [0.15, 0.2) is 5.82 Å². The van der Waals surface area contributed by atoms with E-state index in [2.05, 4.69) is 25.7 Å². The number of carbonyl (C=O) groups excluding carboxylic acids is 1. The second-order valence-electron chi connectivity index (χ2n) is 7.37. The first-order valence-corrected chi connectivity index (χ1v) is 9.60. The molecule has 1 aromatic heterocycles. The summed E-state index contributed by atoms with van der Waals surface area (Å²) in [7, 11) is 0. The number of rotatable bonds is 4. The third kappa shape index (κ3) is 3.35. The first kappa shape index (κ1) is 17.1. The van der Waals surface area contributed by atoms with Crippen LogP contribution in [0.5, 0.6) is 0 Å². The fourth-order valence-electron chi connectivity index (χ4n) is 4.44. The molecule has 2 aliphatic rings. The van der Waals surface area contributed by atoms with Crippen LogP contribution >= 0.6 is 0 Å². The van der Waals surface area contributed by atoms with E-state index in [4.69, 9.17) is 0 Å². The highest BCUT2D eigenvalue weighted by molar-refractivity contribution is 5.97. The van der Waals surface area contributed by atoms with Crippen molar-refractivity contribution >= 4 is 5.91 Å². The Labute approximate surface area is 153 Å². The highest BCUT2D eigenvalue weighted by Gasteiger charge is 2.33. The van der Waals surface area contributed by atoms with Gasteiger partial charge in [0.25, 0.3) is 5.91 Å². The molecule has 1 N–H and O–H groups in total. The van der Waals surface area contributed by atoms with Crippen molar-refractivity contribution in [3.8, 4) is 5.69 Å². The Morgan fingerprint density at radius 2 is 2.04 bits per heavy atom. The number of para-hydroxylation sites is 1. The summed E-state index contributed by atoms with van der Waals surface area (Å²) in [4.78, 5) is 15.5. The van der Waals surface area contributed by atoms with Crippen molar-refractivity contribution in [2.24, 2.45) is 5.92 Å². The van der Waals surface area contributed by atoms with Gasteiger partial charge in [-0.25, -0.2) is 0 Å². The second-order valence-corrected chi connectivity index (χ2v) is 7.37. The van der Waals surface area contributed by atoms with Gasteiger partial charge in [-0.3, -0.25) is 4.79 Å². The van der Waals surface area contributed by atoms with Crippen molar-refractivity contribution < 1.29 is 4.79 Å². The topological polar surface area (TPSA) is 75.9 Å². The van der Waals surface area contributed by atoms with Crippen LogP contribution in [0.25, 0.3) is 5.69 Å². The molecule has 2 fully saturated rings. The van der Waals surface area contributed by atoms with E-state index >= 15 is 0 Å². The van der Waals surface area contributed by atoms with Crippen LogP contribution in [0.1, 0.15) is 48.3 Å². The molecule has 7 nitrogen and oxygen atoms in total. The molecule has 26 heavy (non-hydrogen) atoms. The highest BCUT2D eigenvalue weighted by atomic mass is 16.1. The summed E-state index contributed by atoms with van der Waals surface area (Å²) >= 11 is 0. The van der Waals surface area contributed by atoms with E-state index in [9.17, 15) is 4.79 Å². The Morgan fingerprint density at radius 1 is 1.19 bits per heavy atom. The van der Waals surface area contributed by atoms with Gasteiger partial charge in [0.05, 0.1) is 11.3 Å². The van der Waals surface area contributed by atoms with Crippen LogP contribution in [0.2, 0.25) is 0 Å². The number of benzene rings is 1. The molecular weight excluding hydrogens is 328 g/mol. The number of fused-ring (bicyclic) bond motifs is 1. The number of aromatic nitrogens is 4. The third-order valence-corrected chi connectivity index (χ3v) is 5.76. The molecule has 3 heterocycles. The number of amides is 1. The van der Waals surface area contributed by atoms with Gasteiger partial charge in [0, 0.05) is 12.6 Å². The number of hydrogen-bond acceptors (Lipinski definition) is 5. The van der Waals surface area contributed by atoms with E-state index in [1.54, 1.807) is 4.68 Å². The number of aryl methyl sites for hydroxylation is 1. The van der Waals surface area contributed by atoms with Gasteiger partial charge >= 0.3 is 0 Å². The zero-order valence-electron chi connectivity index (χ0n) is 15.3. The van der Waals surface area contributed by atoms with E-state index in [0.717, 1.165) is 12.2 Å².